The first-order chi connectivity index (χ1) is 9.56. The van der Waals surface area contributed by atoms with Crippen molar-refractivity contribution in [2.45, 2.75) is 45.3 Å². The third kappa shape index (κ3) is 4.22. The highest BCUT2D eigenvalue weighted by atomic mass is 15.2. The number of hydrogen-bond donors (Lipinski definition) is 1. The van der Waals surface area contributed by atoms with Crippen molar-refractivity contribution in [1.29, 1.82) is 0 Å². The van der Waals surface area contributed by atoms with Gasteiger partial charge in [-0.3, -0.25) is 0 Å². The first kappa shape index (κ1) is 15.3. The Balaban J connectivity index is 1.87. The topological polar surface area (TPSA) is 18.5 Å². The normalized spacial score (nSPS) is 17.2. The summed E-state index contributed by atoms with van der Waals surface area (Å²) >= 11 is 0. The van der Waals surface area contributed by atoms with E-state index in [1.807, 2.05) is 0 Å². The van der Waals surface area contributed by atoms with Crippen LogP contribution in [0.2, 0.25) is 0 Å². The molecule has 0 atom stereocenters. The van der Waals surface area contributed by atoms with Gasteiger partial charge in [0.05, 0.1) is 0 Å². The summed E-state index contributed by atoms with van der Waals surface area (Å²) in [5, 5.41) is 3.46. The lowest BCUT2D eigenvalue weighted by Gasteiger charge is -2.36. The number of piperidine rings is 1. The van der Waals surface area contributed by atoms with E-state index in [4.69, 9.17) is 0 Å². The third-order valence-electron chi connectivity index (χ3n) is 4.21. The molecule has 0 bridgehead atoms. The summed E-state index contributed by atoms with van der Waals surface area (Å²) in [6.45, 7) is 7.67. The molecule has 1 aliphatic rings. The Kier molecular flexibility index (Phi) is 5.44. The van der Waals surface area contributed by atoms with Gasteiger partial charge in [0, 0.05) is 37.4 Å². The molecule has 2 rings (SSSR count). The van der Waals surface area contributed by atoms with Gasteiger partial charge in [0.1, 0.15) is 0 Å². The molecule has 0 aromatic heterocycles. The van der Waals surface area contributed by atoms with Crippen LogP contribution in [0.4, 0.5) is 5.69 Å². The van der Waals surface area contributed by atoms with Crippen LogP contribution >= 0.6 is 0 Å². The Labute approximate surface area is 124 Å². The van der Waals surface area contributed by atoms with Crippen LogP contribution in [0.25, 0.3) is 0 Å². The van der Waals surface area contributed by atoms with Crippen molar-refractivity contribution < 1.29 is 0 Å². The molecule has 0 radical (unpaired) electrons. The van der Waals surface area contributed by atoms with Crippen molar-refractivity contribution in [1.82, 2.24) is 10.2 Å². The Morgan fingerprint density at radius 2 is 1.75 bits per heavy atom. The van der Waals surface area contributed by atoms with Gasteiger partial charge in [-0.25, -0.2) is 0 Å². The van der Waals surface area contributed by atoms with Crippen LogP contribution in [0.1, 0.15) is 32.3 Å². The van der Waals surface area contributed by atoms with E-state index in [0.717, 1.165) is 12.6 Å². The predicted molar refractivity (Wildman–Crippen MR) is 87.3 cm³/mol. The zero-order chi connectivity index (χ0) is 14.5. The summed E-state index contributed by atoms with van der Waals surface area (Å²) in [6, 6.07) is 10.3. The fraction of sp³-hybridized carbons (Fsp3) is 0.647. The van der Waals surface area contributed by atoms with Crippen LogP contribution in [0.3, 0.4) is 0 Å². The van der Waals surface area contributed by atoms with E-state index in [-0.39, 0.29) is 0 Å². The Morgan fingerprint density at radius 1 is 1.15 bits per heavy atom. The molecule has 112 valence electrons. The Morgan fingerprint density at radius 3 is 2.25 bits per heavy atom. The molecule has 0 saturated carbocycles. The molecule has 3 nitrogen and oxygen atoms in total. The zero-order valence-corrected chi connectivity index (χ0v) is 13.4. The smallest absolute Gasteiger partial charge is 0.0366 e. The van der Waals surface area contributed by atoms with Crippen LogP contribution in [0.15, 0.2) is 24.3 Å². The van der Waals surface area contributed by atoms with E-state index in [0.29, 0.717) is 6.04 Å². The van der Waals surface area contributed by atoms with E-state index < -0.39 is 0 Å². The van der Waals surface area contributed by atoms with E-state index in [2.05, 4.69) is 67.3 Å². The molecule has 1 aromatic rings. The fourth-order valence-corrected chi connectivity index (χ4v) is 2.79. The third-order valence-corrected chi connectivity index (χ3v) is 4.21. The molecule has 1 aliphatic heterocycles. The number of hydrogen-bond acceptors (Lipinski definition) is 3. The number of rotatable bonds is 5. The Bertz CT molecular complexity index is 389. The van der Waals surface area contributed by atoms with Crippen molar-refractivity contribution in [2.75, 3.05) is 32.1 Å². The van der Waals surface area contributed by atoms with Crippen LogP contribution in [-0.2, 0) is 6.54 Å². The maximum Gasteiger partial charge on any atom is 0.0366 e. The Hall–Kier alpha value is -1.06. The molecule has 1 saturated heterocycles. The molecule has 20 heavy (non-hydrogen) atoms. The lowest BCUT2D eigenvalue weighted by molar-refractivity contribution is 0.249. The fourth-order valence-electron chi connectivity index (χ4n) is 2.79. The van der Waals surface area contributed by atoms with Crippen molar-refractivity contribution in [2.24, 2.45) is 0 Å². The quantitative estimate of drug-likeness (QED) is 0.891. The van der Waals surface area contributed by atoms with E-state index in [9.17, 15) is 0 Å². The zero-order valence-electron chi connectivity index (χ0n) is 13.4. The monoisotopic (exact) mass is 275 g/mol. The lowest BCUT2D eigenvalue weighted by atomic mass is 10.0. The molecule has 0 unspecified atom stereocenters. The standard InChI is InChI=1S/C17H29N3/c1-14(2)18-13-15-5-7-17(8-6-15)20-11-9-16(10-12-20)19(3)4/h5-8,14,16,18H,9-13H2,1-4H3. The van der Waals surface area contributed by atoms with E-state index >= 15 is 0 Å². The second kappa shape index (κ2) is 7.09. The molecule has 0 aliphatic carbocycles. The van der Waals surface area contributed by atoms with E-state index in [1.165, 1.54) is 37.2 Å². The van der Waals surface area contributed by atoms with Crippen LogP contribution in [-0.4, -0.2) is 44.2 Å². The van der Waals surface area contributed by atoms with Gasteiger partial charge in [-0.1, -0.05) is 26.0 Å². The molecular weight excluding hydrogens is 246 g/mol. The SMILES string of the molecule is CC(C)NCc1ccc(N2CCC(N(C)C)CC2)cc1. The molecular formula is C17H29N3. The number of anilines is 1. The summed E-state index contributed by atoms with van der Waals surface area (Å²) in [4.78, 5) is 4.87. The summed E-state index contributed by atoms with van der Waals surface area (Å²) < 4.78 is 0. The summed E-state index contributed by atoms with van der Waals surface area (Å²) in [7, 11) is 4.38. The van der Waals surface area contributed by atoms with Gasteiger partial charge < -0.3 is 15.1 Å². The number of nitrogens with one attached hydrogen (secondary N) is 1. The highest BCUT2D eigenvalue weighted by Gasteiger charge is 2.20. The highest BCUT2D eigenvalue weighted by molar-refractivity contribution is 5.48. The second-order valence-corrected chi connectivity index (χ2v) is 6.38. The lowest BCUT2D eigenvalue weighted by Crippen LogP contribution is -2.41. The van der Waals surface area contributed by atoms with Crippen molar-refractivity contribution in [3.63, 3.8) is 0 Å². The van der Waals surface area contributed by atoms with Crippen molar-refractivity contribution in [3.05, 3.63) is 29.8 Å². The van der Waals surface area contributed by atoms with Crippen molar-refractivity contribution >= 4 is 5.69 Å². The maximum atomic E-state index is 3.46. The van der Waals surface area contributed by atoms with Gasteiger partial charge in [-0.15, -0.1) is 0 Å². The molecule has 1 aromatic carbocycles. The average Bonchev–Trinajstić information content (AvgIpc) is 2.46. The van der Waals surface area contributed by atoms with Crippen molar-refractivity contribution in [3.8, 4) is 0 Å². The summed E-state index contributed by atoms with van der Waals surface area (Å²) in [5.74, 6) is 0. The first-order valence-corrected chi connectivity index (χ1v) is 7.80. The summed E-state index contributed by atoms with van der Waals surface area (Å²) in [5.41, 5.74) is 2.74. The highest BCUT2D eigenvalue weighted by Crippen LogP contribution is 2.22. The molecule has 1 heterocycles. The van der Waals surface area contributed by atoms with Gasteiger partial charge in [-0.2, -0.15) is 0 Å². The molecule has 0 amide bonds. The van der Waals surface area contributed by atoms with Crippen LogP contribution in [0, 0.1) is 0 Å². The van der Waals surface area contributed by atoms with Crippen LogP contribution < -0.4 is 10.2 Å². The van der Waals surface area contributed by atoms with Gasteiger partial charge in [0.25, 0.3) is 0 Å². The number of nitrogens with zero attached hydrogens (tertiary/aromatic N) is 2. The minimum Gasteiger partial charge on any atom is -0.371 e. The predicted octanol–water partition coefficient (Wildman–Crippen LogP) is 2.72. The number of benzene rings is 1. The largest absolute Gasteiger partial charge is 0.371 e. The van der Waals surface area contributed by atoms with Gasteiger partial charge in [-0.05, 0) is 44.6 Å². The average molecular weight is 275 g/mol. The molecule has 1 N–H and O–H groups in total. The summed E-state index contributed by atoms with van der Waals surface area (Å²) in [6.07, 6.45) is 2.54. The molecule has 1 fully saturated rings. The van der Waals surface area contributed by atoms with Gasteiger partial charge in [0.2, 0.25) is 0 Å². The van der Waals surface area contributed by atoms with E-state index in [1.54, 1.807) is 0 Å². The minimum absolute atomic E-state index is 0.541. The van der Waals surface area contributed by atoms with Crippen LogP contribution in [0.5, 0.6) is 0 Å². The first-order valence-electron chi connectivity index (χ1n) is 7.80. The molecule has 3 heteroatoms. The van der Waals surface area contributed by atoms with Gasteiger partial charge in [0.15, 0.2) is 0 Å². The second-order valence-electron chi connectivity index (χ2n) is 6.38. The van der Waals surface area contributed by atoms with Gasteiger partial charge >= 0.3 is 0 Å². The molecule has 0 spiro atoms. The maximum absolute atomic E-state index is 3.46. The minimum atomic E-state index is 0.541.